The standard InChI is InChI=1S/C16H25NO2/c1-3-9-17-11-14-10-15(18-2)7-8-16(14)19-12-13-5-4-6-13/h7-8,10,13,17H,3-6,9,11-12H2,1-2H3. The summed E-state index contributed by atoms with van der Waals surface area (Å²) >= 11 is 0. The van der Waals surface area contributed by atoms with Crippen LogP contribution in [0, 0.1) is 5.92 Å². The number of benzene rings is 1. The quantitative estimate of drug-likeness (QED) is 0.729. The minimum Gasteiger partial charge on any atom is -0.497 e. The Balaban J connectivity index is 1.96. The molecular weight excluding hydrogens is 238 g/mol. The molecule has 0 spiro atoms. The number of hydrogen-bond donors (Lipinski definition) is 1. The number of rotatable bonds is 8. The normalized spacial score (nSPS) is 15.1. The highest BCUT2D eigenvalue weighted by Gasteiger charge is 2.18. The van der Waals surface area contributed by atoms with Gasteiger partial charge in [0.2, 0.25) is 0 Å². The molecule has 1 aromatic rings. The van der Waals surface area contributed by atoms with Crippen LogP contribution >= 0.6 is 0 Å². The molecular formula is C16H25NO2. The maximum Gasteiger partial charge on any atom is 0.124 e. The number of methoxy groups -OCH3 is 1. The molecule has 19 heavy (non-hydrogen) atoms. The first-order valence-electron chi connectivity index (χ1n) is 7.34. The van der Waals surface area contributed by atoms with Crippen molar-refractivity contribution in [2.45, 2.75) is 39.2 Å². The van der Waals surface area contributed by atoms with E-state index in [0.717, 1.165) is 43.5 Å². The molecule has 106 valence electrons. The third-order valence-electron chi connectivity index (χ3n) is 3.71. The van der Waals surface area contributed by atoms with Gasteiger partial charge >= 0.3 is 0 Å². The van der Waals surface area contributed by atoms with E-state index in [4.69, 9.17) is 9.47 Å². The van der Waals surface area contributed by atoms with Gasteiger partial charge in [-0.1, -0.05) is 13.3 Å². The van der Waals surface area contributed by atoms with Gasteiger partial charge in [0.05, 0.1) is 13.7 Å². The molecule has 1 aliphatic rings. The maximum absolute atomic E-state index is 5.98. The Morgan fingerprint density at radius 2 is 2.16 bits per heavy atom. The van der Waals surface area contributed by atoms with Gasteiger partial charge in [-0.05, 0) is 49.9 Å². The van der Waals surface area contributed by atoms with Crippen LogP contribution in [0.3, 0.4) is 0 Å². The molecule has 0 radical (unpaired) electrons. The van der Waals surface area contributed by atoms with Crippen LogP contribution in [-0.4, -0.2) is 20.3 Å². The Kier molecular flexibility index (Phi) is 5.52. The molecule has 0 heterocycles. The van der Waals surface area contributed by atoms with Gasteiger partial charge in [0.1, 0.15) is 11.5 Å². The van der Waals surface area contributed by atoms with E-state index in [1.807, 2.05) is 12.1 Å². The first kappa shape index (κ1) is 14.2. The zero-order chi connectivity index (χ0) is 13.5. The van der Waals surface area contributed by atoms with E-state index >= 15 is 0 Å². The summed E-state index contributed by atoms with van der Waals surface area (Å²) in [6, 6.07) is 6.07. The van der Waals surface area contributed by atoms with Gasteiger partial charge in [0, 0.05) is 12.1 Å². The van der Waals surface area contributed by atoms with Crippen LogP contribution in [0.5, 0.6) is 11.5 Å². The van der Waals surface area contributed by atoms with Crippen LogP contribution in [0.25, 0.3) is 0 Å². The Hall–Kier alpha value is -1.22. The molecule has 3 nitrogen and oxygen atoms in total. The lowest BCUT2D eigenvalue weighted by Crippen LogP contribution is -2.20. The fraction of sp³-hybridized carbons (Fsp3) is 0.625. The summed E-state index contributed by atoms with van der Waals surface area (Å²) in [7, 11) is 1.70. The van der Waals surface area contributed by atoms with Gasteiger partial charge in [-0.3, -0.25) is 0 Å². The molecule has 1 fully saturated rings. The van der Waals surface area contributed by atoms with Gasteiger partial charge in [-0.15, -0.1) is 0 Å². The lowest BCUT2D eigenvalue weighted by molar-refractivity contribution is 0.179. The van der Waals surface area contributed by atoms with Crippen molar-refractivity contribution in [1.82, 2.24) is 5.32 Å². The SMILES string of the molecule is CCCNCc1cc(OC)ccc1OCC1CCC1. The molecule has 0 unspecified atom stereocenters. The van der Waals surface area contributed by atoms with Crippen molar-refractivity contribution in [3.8, 4) is 11.5 Å². The van der Waals surface area contributed by atoms with E-state index in [0.29, 0.717) is 0 Å². The van der Waals surface area contributed by atoms with E-state index in [1.54, 1.807) is 7.11 Å². The third-order valence-corrected chi connectivity index (χ3v) is 3.71. The average molecular weight is 263 g/mol. The molecule has 0 aliphatic heterocycles. The van der Waals surface area contributed by atoms with E-state index in [2.05, 4.69) is 18.3 Å². The highest BCUT2D eigenvalue weighted by molar-refractivity contribution is 5.40. The van der Waals surface area contributed by atoms with Gasteiger partial charge in [-0.2, -0.15) is 0 Å². The average Bonchev–Trinajstić information content (AvgIpc) is 2.38. The van der Waals surface area contributed by atoms with Crippen molar-refractivity contribution in [3.05, 3.63) is 23.8 Å². The summed E-state index contributed by atoms with van der Waals surface area (Å²) in [5.74, 6) is 2.65. The van der Waals surface area contributed by atoms with Crippen LogP contribution in [0.1, 0.15) is 38.2 Å². The Labute approximate surface area is 116 Å². The van der Waals surface area contributed by atoms with Gasteiger partial charge in [0.15, 0.2) is 0 Å². The molecule has 0 saturated heterocycles. The fourth-order valence-electron chi connectivity index (χ4n) is 2.23. The second-order valence-corrected chi connectivity index (χ2v) is 5.26. The molecule has 2 rings (SSSR count). The maximum atomic E-state index is 5.98. The monoisotopic (exact) mass is 263 g/mol. The van der Waals surface area contributed by atoms with Gasteiger partial charge in [0.25, 0.3) is 0 Å². The van der Waals surface area contributed by atoms with Crippen LogP contribution in [-0.2, 0) is 6.54 Å². The summed E-state index contributed by atoms with van der Waals surface area (Å²) in [4.78, 5) is 0. The Morgan fingerprint density at radius 1 is 1.32 bits per heavy atom. The summed E-state index contributed by atoms with van der Waals surface area (Å²) in [5.41, 5.74) is 1.19. The summed E-state index contributed by atoms with van der Waals surface area (Å²) < 4.78 is 11.3. The zero-order valence-corrected chi connectivity index (χ0v) is 12.1. The molecule has 3 heteroatoms. The zero-order valence-electron chi connectivity index (χ0n) is 12.1. The van der Waals surface area contributed by atoms with Crippen molar-refractivity contribution < 1.29 is 9.47 Å². The summed E-state index contributed by atoms with van der Waals surface area (Å²) in [5, 5.41) is 3.42. The fourth-order valence-corrected chi connectivity index (χ4v) is 2.23. The molecule has 0 aromatic heterocycles. The van der Waals surface area contributed by atoms with Crippen LogP contribution < -0.4 is 14.8 Å². The first-order valence-corrected chi connectivity index (χ1v) is 7.34. The largest absolute Gasteiger partial charge is 0.497 e. The molecule has 0 atom stereocenters. The Morgan fingerprint density at radius 3 is 2.79 bits per heavy atom. The van der Waals surface area contributed by atoms with Crippen LogP contribution in [0.15, 0.2) is 18.2 Å². The Bertz CT molecular complexity index is 388. The van der Waals surface area contributed by atoms with Gasteiger partial charge in [-0.25, -0.2) is 0 Å². The number of ether oxygens (including phenoxy) is 2. The second kappa shape index (κ2) is 7.39. The second-order valence-electron chi connectivity index (χ2n) is 5.26. The van der Waals surface area contributed by atoms with Crippen molar-refractivity contribution in [1.29, 1.82) is 0 Å². The molecule has 1 aliphatic carbocycles. The molecule has 1 aromatic carbocycles. The predicted molar refractivity (Wildman–Crippen MR) is 77.8 cm³/mol. The highest BCUT2D eigenvalue weighted by atomic mass is 16.5. The molecule has 1 N–H and O–H groups in total. The molecule has 0 bridgehead atoms. The lowest BCUT2D eigenvalue weighted by atomic mass is 9.86. The number of nitrogens with one attached hydrogen (secondary N) is 1. The van der Waals surface area contributed by atoms with Crippen molar-refractivity contribution in [3.63, 3.8) is 0 Å². The summed E-state index contributed by atoms with van der Waals surface area (Å²) in [6.45, 7) is 4.89. The van der Waals surface area contributed by atoms with Crippen LogP contribution in [0.2, 0.25) is 0 Å². The highest BCUT2D eigenvalue weighted by Crippen LogP contribution is 2.29. The minimum atomic E-state index is 0.763. The van der Waals surface area contributed by atoms with Crippen molar-refractivity contribution in [2.24, 2.45) is 5.92 Å². The minimum absolute atomic E-state index is 0.763. The van der Waals surface area contributed by atoms with Crippen LogP contribution in [0.4, 0.5) is 0 Å². The summed E-state index contributed by atoms with van der Waals surface area (Å²) in [6.07, 6.45) is 5.14. The van der Waals surface area contributed by atoms with E-state index in [9.17, 15) is 0 Å². The molecule has 0 amide bonds. The predicted octanol–water partition coefficient (Wildman–Crippen LogP) is 3.37. The van der Waals surface area contributed by atoms with Gasteiger partial charge < -0.3 is 14.8 Å². The number of hydrogen-bond acceptors (Lipinski definition) is 3. The molecule has 1 saturated carbocycles. The topological polar surface area (TPSA) is 30.5 Å². The van der Waals surface area contributed by atoms with E-state index < -0.39 is 0 Å². The van der Waals surface area contributed by atoms with E-state index in [-0.39, 0.29) is 0 Å². The van der Waals surface area contributed by atoms with Crippen molar-refractivity contribution in [2.75, 3.05) is 20.3 Å². The van der Waals surface area contributed by atoms with Crippen molar-refractivity contribution >= 4 is 0 Å². The first-order chi connectivity index (χ1) is 9.33. The van der Waals surface area contributed by atoms with E-state index in [1.165, 1.54) is 24.8 Å². The smallest absolute Gasteiger partial charge is 0.124 e. The lowest BCUT2D eigenvalue weighted by Gasteiger charge is -2.25. The third kappa shape index (κ3) is 4.13.